The summed E-state index contributed by atoms with van der Waals surface area (Å²) in [5.74, 6) is -0.168. The largest absolute Gasteiger partial charge is 0.309 e. The van der Waals surface area contributed by atoms with E-state index in [0.29, 0.717) is 12.0 Å². The fourth-order valence-corrected chi connectivity index (χ4v) is 2.21. The maximum Gasteiger partial charge on any atom is 0.126 e. The minimum atomic E-state index is -0.168. The molecule has 2 rings (SSSR count). The maximum atomic E-state index is 13.6. The minimum absolute atomic E-state index is 0.0237. The van der Waals surface area contributed by atoms with Gasteiger partial charge in [0.15, 0.2) is 0 Å². The van der Waals surface area contributed by atoms with Crippen molar-refractivity contribution in [3.05, 3.63) is 47.5 Å². The number of rotatable bonds is 5. The molecule has 0 aliphatic rings. The Kier molecular flexibility index (Phi) is 4.17. The van der Waals surface area contributed by atoms with E-state index in [0.717, 1.165) is 12.2 Å². The number of aromatic nitrogens is 2. The van der Waals surface area contributed by atoms with E-state index >= 15 is 0 Å². The lowest BCUT2D eigenvalue weighted by Gasteiger charge is -2.15. The Morgan fingerprint density at radius 1 is 1.41 bits per heavy atom. The number of likely N-dealkylation sites (N-methyl/N-ethyl adjacent to an activating group) is 1. The monoisotopic (exact) mass is 251 g/mol. The normalized spacial score (nSPS) is 12.6. The lowest BCUT2D eigenvalue weighted by molar-refractivity contribution is 0.520. The van der Waals surface area contributed by atoms with Crippen LogP contribution in [0.15, 0.2) is 30.5 Å². The van der Waals surface area contributed by atoms with Gasteiger partial charge in [-0.25, -0.2) is 4.39 Å². The summed E-state index contributed by atoms with van der Waals surface area (Å²) in [6.07, 6.45) is 2.32. The van der Waals surface area contributed by atoms with Gasteiger partial charge in [-0.3, -0.25) is 0 Å². The van der Waals surface area contributed by atoms with Crippen molar-refractivity contribution in [3.63, 3.8) is 0 Å². The maximum absolute atomic E-state index is 13.6. The molecule has 1 aromatic heterocycles. The molecule has 5 heteroatoms. The molecular formula is C12H14FN3S. The second kappa shape index (κ2) is 5.84. The molecule has 2 aromatic rings. The van der Waals surface area contributed by atoms with Crippen LogP contribution in [0.2, 0.25) is 0 Å². The second-order valence-corrected chi connectivity index (χ2v) is 4.29. The van der Waals surface area contributed by atoms with Crippen LogP contribution in [0, 0.1) is 5.82 Å². The molecule has 1 atom stereocenters. The fraction of sp³-hybridized carbons (Fsp3) is 0.333. The molecule has 0 amide bonds. The predicted molar refractivity (Wildman–Crippen MR) is 66.4 cm³/mol. The smallest absolute Gasteiger partial charge is 0.126 e. The van der Waals surface area contributed by atoms with E-state index in [1.807, 2.05) is 13.0 Å². The first-order valence-electron chi connectivity index (χ1n) is 5.55. The first-order chi connectivity index (χ1) is 8.31. The van der Waals surface area contributed by atoms with Crippen molar-refractivity contribution in [2.75, 3.05) is 6.54 Å². The zero-order chi connectivity index (χ0) is 12.1. The van der Waals surface area contributed by atoms with Gasteiger partial charge in [-0.15, -0.1) is 0 Å². The van der Waals surface area contributed by atoms with Gasteiger partial charge in [-0.1, -0.05) is 25.1 Å². The van der Waals surface area contributed by atoms with Crippen molar-refractivity contribution >= 4 is 11.7 Å². The molecule has 0 fully saturated rings. The third kappa shape index (κ3) is 3.08. The summed E-state index contributed by atoms with van der Waals surface area (Å²) >= 11 is 1.17. The average Bonchev–Trinajstić information content (AvgIpc) is 2.85. The number of hydrogen-bond donors (Lipinski definition) is 1. The Morgan fingerprint density at radius 2 is 2.24 bits per heavy atom. The average molecular weight is 251 g/mol. The summed E-state index contributed by atoms with van der Waals surface area (Å²) in [5, 5.41) is 3.30. The molecule has 0 aliphatic carbocycles. The van der Waals surface area contributed by atoms with E-state index in [2.05, 4.69) is 14.1 Å². The molecule has 0 radical (unpaired) electrons. The Morgan fingerprint density at radius 3 is 2.88 bits per heavy atom. The van der Waals surface area contributed by atoms with E-state index in [-0.39, 0.29) is 11.9 Å². The number of benzene rings is 1. The van der Waals surface area contributed by atoms with Crippen molar-refractivity contribution in [1.82, 2.24) is 14.1 Å². The molecule has 1 N–H and O–H groups in total. The summed E-state index contributed by atoms with van der Waals surface area (Å²) in [6.45, 7) is 2.84. The minimum Gasteiger partial charge on any atom is -0.309 e. The highest BCUT2D eigenvalue weighted by Gasteiger charge is 2.15. The van der Waals surface area contributed by atoms with E-state index < -0.39 is 0 Å². The highest BCUT2D eigenvalue weighted by molar-refractivity contribution is 6.99. The van der Waals surface area contributed by atoms with Gasteiger partial charge in [0.05, 0.1) is 29.7 Å². The number of hydrogen-bond acceptors (Lipinski definition) is 4. The molecule has 0 saturated heterocycles. The summed E-state index contributed by atoms with van der Waals surface area (Å²) < 4.78 is 21.8. The van der Waals surface area contributed by atoms with Crippen LogP contribution in [0.25, 0.3) is 0 Å². The molecule has 0 aliphatic heterocycles. The molecule has 0 saturated carbocycles. The van der Waals surface area contributed by atoms with Crippen molar-refractivity contribution in [2.45, 2.75) is 19.4 Å². The van der Waals surface area contributed by atoms with Gasteiger partial charge in [0.25, 0.3) is 0 Å². The van der Waals surface area contributed by atoms with Gasteiger partial charge in [0, 0.05) is 0 Å². The molecule has 1 unspecified atom stereocenters. The summed E-state index contributed by atoms with van der Waals surface area (Å²) in [5.41, 5.74) is 1.58. The van der Waals surface area contributed by atoms with E-state index in [4.69, 9.17) is 0 Å². The zero-order valence-electron chi connectivity index (χ0n) is 9.56. The molecule has 3 nitrogen and oxygen atoms in total. The SMILES string of the molecule is CCNC(Cc1ccccc1F)c1cnsn1. The molecule has 90 valence electrons. The van der Waals surface area contributed by atoms with Crippen molar-refractivity contribution in [2.24, 2.45) is 0 Å². The van der Waals surface area contributed by atoms with Crippen molar-refractivity contribution in [3.8, 4) is 0 Å². The molecule has 17 heavy (non-hydrogen) atoms. The number of nitrogens with zero attached hydrogens (tertiary/aromatic N) is 2. The summed E-state index contributed by atoms with van der Waals surface area (Å²) in [6, 6.07) is 6.86. The summed E-state index contributed by atoms with van der Waals surface area (Å²) in [7, 11) is 0. The Balaban J connectivity index is 2.16. The number of halogens is 1. The molecular weight excluding hydrogens is 237 g/mol. The van der Waals surface area contributed by atoms with E-state index in [1.54, 1.807) is 18.3 Å². The third-order valence-electron chi connectivity index (χ3n) is 2.57. The van der Waals surface area contributed by atoms with E-state index in [1.165, 1.54) is 17.8 Å². The van der Waals surface area contributed by atoms with Crippen LogP contribution in [0.5, 0.6) is 0 Å². The van der Waals surface area contributed by atoms with Crippen LogP contribution in [-0.4, -0.2) is 15.3 Å². The first kappa shape index (κ1) is 12.1. The highest BCUT2D eigenvalue weighted by atomic mass is 32.1. The van der Waals surface area contributed by atoms with Gasteiger partial charge < -0.3 is 5.32 Å². The van der Waals surface area contributed by atoms with Crippen molar-refractivity contribution in [1.29, 1.82) is 0 Å². The van der Waals surface area contributed by atoms with Crippen LogP contribution in [-0.2, 0) is 6.42 Å². The third-order valence-corrected chi connectivity index (χ3v) is 3.06. The van der Waals surface area contributed by atoms with Crippen molar-refractivity contribution < 1.29 is 4.39 Å². The molecule has 1 heterocycles. The topological polar surface area (TPSA) is 37.8 Å². The highest BCUT2D eigenvalue weighted by Crippen LogP contribution is 2.18. The van der Waals surface area contributed by atoms with Gasteiger partial charge in [-0.2, -0.15) is 8.75 Å². The standard InChI is InChI=1S/C12H14FN3S/c1-2-14-11(12-8-15-17-16-12)7-9-5-3-4-6-10(9)13/h3-6,8,11,14H,2,7H2,1H3. The zero-order valence-corrected chi connectivity index (χ0v) is 10.4. The quantitative estimate of drug-likeness (QED) is 0.887. The first-order valence-corrected chi connectivity index (χ1v) is 6.28. The van der Waals surface area contributed by atoms with Gasteiger partial charge in [-0.05, 0) is 24.6 Å². The molecule has 0 bridgehead atoms. The second-order valence-electron chi connectivity index (χ2n) is 3.74. The van der Waals surface area contributed by atoms with Crippen LogP contribution in [0.3, 0.4) is 0 Å². The lowest BCUT2D eigenvalue weighted by atomic mass is 10.0. The van der Waals surface area contributed by atoms with Gasteiger partial charge in [0.1, 0.15) is 5.82 Å². The van der Waals surface area contributed by atoms with Crippen LogP contribution in [0.4, 0.5) is 4.39 Å². The van der Waals surface area contributed by atoms with Crippen LogP contribution in [0.1, 0.15) is 24.2 Å². The van der Waals surface area contributed by atoms with Gasteiger partial charge >= 0.3 is 0 Å². The molecule has 0 spiro atoms. The Hall–Kier alpha value is -1.33. The number of nitrogens with one attached hydrogen (secondary N) is 1. The Labute approximate surface area is 104 Å². The fourth-order valence-electron chi connectivity index (χ4n) is 1.74. The van der Waals surface area contributed by atoms with Crippen LogP contribution >= 0.6 is 11.7 Å². The lowest BCUT2D eigenvalue weighted by Crippen LogP contribution is -2.23. The van der Waals surface area contributed by atoms with Crippen LogP contribution < -0.4 is 5.32 Å². The van der Waals surface area contributed by atoms with Gasteiger partial charge in [0.2, 0.25) is 0 Å². The predicted octanol–water partition coefficient (Wildman–Crippen LogP) is 2.57. The molecule has 1 aromatic carbocycles. The summed E-state index contributed by atoms with van der Waals surface area (Å²) in [4.78, 5) is 0. The van der Waals surface area contributed by atoms with E-state index in [9.17, 15) is 4.39 Å². The Bertz CT molecular complexity index is 459.